The van der Waals surface area contributed by atoms with Crippen LogP contribution >= 0.6 is 0 Å². The highest BCUT2D eigenvalue weighted by atomic mass is 19.4. The fourth-order valence-corrected chi connectivity index (χ4v) is 1.58. The maximum Gasteiger partial charge on any atom is 0.416 e. The lowest BCUT2D eigenvalue weighted by atomic mass is 10.0. The van der Waals surface area contributed by atoms with E-state index in [2.05, 4.69) is 5.48 Å². The smallest absolute Gasteiger partial charge is 0.416 e. The van der Waals surface area contributed by atoms with Crippen LogP contribution in [0, 0.1) is 0 Å². The quantitative estimate of drug-likeness (QED) is 0.817. The monoisotopic (exact) mass is 305 g/mol. The molecule has 1 aromatic rings. The Morgan fingerprint density at radius 1 is 1.33 bits per heavy atom. The van der Waals surface area contributed by atoms with Crippen molar-refractivity contribution in [2.45, 2.75) is 45.0 Å². The topological polar surface area (TPSA) is 58.6 Å². The van der Waals surface area contributed by atoms with Gasteiger partial charge in [-0.05, 0) is 38.5 Å². The number of nitrogens with one attached hydrogen (secondary N) is 1. The highest BCUT2D eigenvalue weighted by Crippen LogP contribution is 2.31. The van der Waals surface area contributed by atoms with E-state index in [-0.39, 0.29) is 5.56 Å². The Morgan fingerprint density at radius 2 is 1.95 bits per heavy atom. The standard InChI is InChI=1S/C14H18F3NO3/c1-13(2,3)21-18-11(8-12(19)20)9-5-4-6-10(7-9)14(15,16)17/h4-7,11,18H,8H2,1-3H3,(H,19,20)/t11-/m0/s1. The molecule has 0 saturated heterocycles. The van der Waals surface area contributed by atoms with Crippen molar-refractivity contribution >= 4 is 5.97 Å². The van der Waals surface area contributed by atoms with Gasteiger partial charge in [0.15, 0.2) is 0 Å². The van der Waals surface area contributed by atoms with Gasteiger partial charge in [-0.15, -0.1) is 0 Å². The van der Waals surface area contributed by atoms with Crippen LogP contribution in [0.3, 0.4) is 0 Å². The molecule has 21 heavy (non-hydrogen) atoms. The van der Waals surface area contributed by atoms with Crippen LogP contribution in [-0.4, -0.2) is 16.7 Å². The maximum absolute atomic E-state index is 12.7. The second kappa shape index (κ2) is 6.44. The highest BCUT2D eigenvalue weighted by Gasteiger charge is 2.31. The summed E-state index contributed by atoms with van der Waals surface area (Å²) in [5.74, 6) is -1.14. The van der Waals surface area contributed by atoms with E-state index in [1.165, 1.54) is 12.1 Å². The third-order valence-corrected chi connectivity index (χ3v) is 2.50. The number of rotatable bonds is 5. The lowest BCUT2D eigenvalue weighted by molar-refractivity contribution is -0.141. The molecule has 0 aromatic heterocycles. The summed E-state index contributed by atoms with van der Waals surface area (Å²) in [5, 5.41) is 8.89. The summed E-state index contributed by atoms with van der Waals surface area (Å²) in [4.78, 5) is 16.1. The van der Waals surface area contributed by atoms with E-state index in [0.717, 1.165) is 12.1 Å². The van der Waals surface area contributed by atoms with Crippen molar-refractivity contribution in [3.63, 3.8) is 0 Å². The molecule has 1 rings (SSSR count). The van der Waals surface area contributed by atoms with Gasteiger partial charge in [0.1, 0.15) is 0 Å². The molecule has 1 atom stereocenters. The number of hydrogen-bond acceptors (Lipinski definition) is 3. The molecule has 0 aliphatic heterocycles. The molecule has 4 nitrogen and oxygen atoms in total. The van der Waals surface area contributed by atoms with Crippen LogP contribution < -0.4 is 5.48 Å². The van der Waals surface area contributed by atoms with Gasteiger partial charge in [0.05, 0.1) is 23.6 Å². The first-order valence-corrected chi connectivity index (χ1v) is 6.31. The van der Waals surface area contributed by atoms with E-state index in [1.807, 2.05) is 0 Å². The van der Waals surface area contributed by atoms with E-state index in [9.17, 15) is 18.0 Å². The molecule has 0 bridgehead atoms. The molecule has 1 aromatic carbocycles. The average molecular weight is 305 g/mol. The van der Waals surface area contributed by atoms with Gasteiger partial charge >= 0.3 is 12.1 Å². The number of alkyl halides is 3. The first-order valence-electron chi connectivity index (χ1n) is 6.31. The number of aliphatic carboxylic acids is 1. The van der Waals surface area contributed by atoms with Gasteiger partial charge < -0.3 is 5.11 Å². The van der Waals surface area contributed by atoms with Crippen LogP contribution in [-0.2, 0) is 15.8 Å². The molecular formula is C14H18F3NO3. The van der Waals surface area contributed by atoms with E-state index < -0.39 is 35.8 Å². The second-order valence-electron chi connectivity index (χ2n) is 5.61. The molecule has 0 aliphatic rings. The number of halogens is 3. The molecule has 0 fully saturated rings. The van der Waals surface area contributed by atoms with Gasteiger partial charge in [-0.3, -0.25) is 9.63 Å². The summed E-state index contributed by atoms with van der Waals surface area (Å²) in [6.45, 7) is 5.22. The molecule has 7 heteroatoms. The van der Waals surface area contributed by atoms with Gasteiger partial charge in [0.25, 0.3) is 0 Å². The van der Waals surface area contributed by atoms with Crippen molar-refractivity contribution in [3.8, 4) is 0 Å². The van der Waals surface area contributed by atoms with Gasteiger partial charge in [-0.2, -0.15) is 18.7 Å². The molecule has 0 aliphatic carbocycles. The third-order valence-electron chi connectivity index (χ3n) is 2.50. The van der Waals surface area contributed by atoms with Crippen LogP contribution in [0.2, 0.25) is 0 Å². The van der Waals surface area contributed by atoms with Crippen molar-refractivity contribution in [1.29, 1.82) is 0 Å². The van der Waals surface area contributed by atoms with Gasteiger partial charge in [-0.1, -0.05) is 12.1 Å². The zero-order valence-corrected chi connectivity index (χ0v) is 12.0. The van der Waals surface area contributed by atoms with E-state index in [1.54, 1.807) is 20.8 Å². The minimum absolute atomic E-state index is 0.205. The molecule has 0 unspecified atom stereocenters. The zero-order chi connectivity index (χ0) is 16.3. The molecule has 0 heterocycles. The predicted molar refractivity (Wildman–Crippen MR) is 70.4 cm³/mol. The Bertz CT molecular complexity index is 495. The summed E-state index contributed by atoms with van der Waals surface area (Å²) >= 11 is 0. The molecular weight excluding hydrogens is 287 g/mol. The average Bonchev–Trinajstić information content (AvgIpc) is 2.32. The van der Waals surface area contributed by atoms with Gasteiger partial charge in [0, 0.05) is 0 Å². The molecule has 0 radical (unpaired) electrons. The summed E-state index contributed by atoms with van der Waals surface area (Å²) in [7, 11) is 0. The van der Waals surface area contributed by atoms with Crippen molar-refractivity contribution in [2.24, 2.45) is 0 Å². The first-order chi connectivity index (χ1) is 9.49. The third kappa shape index (κ3) is 6.14. The molecule has 0 spiro atoms. The molecule has 0 saturated carbocycles. The van der Waals surface area contributed by atoms with Crippen LogP contribution in [0.5, 0.6) is 0 Å². The van der Waals surface area contributed by atoms with Crippen LogP contribution in [0.1, 0.15) is 44.4 Å². The second-order valence-corrected chi connectivity index (χ2v) is 5.61. The number of benzene rings is 1. The zero-order valence-electron chi connectivity index (χ0n) is 12.0. The largest absolute Gasteiger partial charge is 0.481 e. The van der Waals surface area contributed by atoms with Gasteiger partial charge in [-0.25, -0.2) is 0 Å². The van der Waals surface area contributed by atoms with E-state index >= 15 is 0 Å². The number of hydrogen-bond donors (Lipinski definition) is 2. The Hall–Kier alpha value is -1.60. The Balaban J connectivity index is 3.00. The first kappa shape index (κ1) is 17.5. The molecule has 118 valence electrons. The highest BCUT2D eigenvalue weighted by molar-refractivity contribution is 5.67. The Labute approximate surface area is 120 Å². The fraction of sp³-hybridized carbons (Fsp3) is 0.500. The van der Waals surface area contributed by atoms with Crippen LogP contribution in [0.25, 0.3) is 0 Å². The van der Waals surface area contributed by atoms with Crippen LogP contribution in [0.15, 0.2) is 24.3 Å². The lowest BCUT2D eigenvalue weighted by Gasteiger charge is -2.25. The Morgan fingerprint density at radius 3 is 2.43 bits per heavy atom. The van der Waals surface area contributed by atoms with Crippen molar-refractivity contribution in [1.82, 2.24) is 5.48 Å². The summed E-state index contributed by atoms with van der Waals surface area (Å²) in [6, 6.07) is 3.66. The minimum Gasteiger partial charge on any atom is -0.481 e. The molecule has 2 N–H and O–H groups in total. The summed E-state index contributed by atoms with van der Waals surface area (Å²) < 4.78 is 38.1. The normalized spacial score (nSPS) is 14.0. The maximum atomic E-state index is 12.7. The SMILES string of the molecule is CC(C)(C)ON[C@@H](CC(=O)O)c1cccc(C(F)(F)F)c1. The fourth-order valence-electron chi connectivity index (χ4n) is 1.58. The van der Waals surface area contributed by atoms with Crippen molar-refractivity contribution in [2.75, 3.05) is 0 Å². The predicted octanol–water partition coefficient (Wildman–Crippen LogP) is 3.54. The number of carboxylic acid groups (broad SMARTS) is 1. The van der Waals surface area contributed by atoms with Crippen molar-refractivity contribution < 1.29 is 27.9 Å². The minimum atomic E-state index is -4.48. The van der Waals surface area contributed by atoms with Crippen molar-refractivity contribution in [3.05, 3.63) is 35.4 Å². The number of hydroxylamine groups is 1. The molecule has 0 amide bonds. The van der Waals surface area contributed by atoms with Crippen LogP contribution in [0.4, 0.5) is 13.2 Å². The summed E-state index contributed by atoms with van der Waals surface area (Å²) in [5.41, 5.74) is 1.32. The number of carboxylic acids is 1. The summed E-state index contributed by atoms with van der Waals surface area (Å²) in [6.07, 6.45) is -4.87. The van der Waals surface area contributed by atoms with Gasteiger partial charge in [0.2, 0.25) is 0 Å². The van der Waals surface area contributed by atoms with E-state index in [0.29, 0.717) is 0 Å². The Kier molecular flexibility index (Phi) is 5.36. The lowest BCUT2D eigenvalue weighted by Crippen LogP contribution is -2.33. The van der Waals surface area contributed by atoms with E-state index in [4.69, 9.17) is 9.94 Å². The number of carbonyl (C=O) groups is 1.